The second kappa shape index (κ2) is 7.79. The van der Waals surface area contributed by atoms with E-state index in [0.29, 0.717) is 47.5 Å². The summed E-state index contributed by atoms with van der Waals surface area (Å²) < 4.78 is 38.2. The van der Waals surface area contributed by atoms with E-state index in [1.165, 1.54) is 6.33 Å². The van der Waals surface area contributed by atoms with Crippen LogP contribution in [0.2, 0.25) is 0 Å². The smallest absolute Gasteiger partial charge is 0.261 e. The molecule has 1 aliphatic heterocycles. The number of aromatic nitrogens is 5. The van der Waals surface area contributed by atoms with Crippen LogP contribution in [0.3, 0.4) is 0 Å². The van der Waals surface area contributed by atoms with Gasteiger partial charge in [0.1, 0.15) is 30.2 Å². The van der Waals surface area contributed by atoms with Crippen molar-refractivity contribution in [2.75, 3.05) is 11.3 Å². The molecule has 0 bridgehead atoms. The molecule has 0 aliphatic carbocycles. The van der Waals surface area contributed by atoms with Crippen LogP contribution >= 0.6 is 0 Å². The molecule has 3 heterocycles. The van der Waals surface area contributed by atoms with E-state index in [-0.39, 0.29) is 10.9 Å². The van der Waals surface area contributed by atoms with Gasteiger partial charge >= 0.3 is 0 Å². The molecule has 0 saturated carbocycles. The van der Waals surface area contributed by atoms with Crippen molar-refractivity contribution in [1.29, 1.82) is 0 Å². The van der Waals surface area contributed by atoms with E-state index in [0.717, 1.165) is 0 Å². The fourth-order valence-corrected chi connectivity index (χ4v) is 4.76. The quantitative estimate of drug-likeness (QED) is 0.498. The van der Waals surface area contributed by atoms with Crippen LogP contribution in [-0.4, -0.2) is 39.3 Å². The van der Waals surface area contributed by atoms with Crippen LogP contribution in [0.25, 0.3) is 22.9 Å². The Morgan fingerprint density at radius 1 is 1.09 bits per heavy atom. The highest BCUT2D eigenvalue weighted by molar-refractivity contribution is 7.92. The number of nitrogens with zero attached hydrogens (tertiary/aromatic N) is 5. The Kier molecular flexibility index (Phi) is 4.93. The predicted molar refractivity (Wildman–Crippen MR) is 120 cm³/mol. The SMILES string of the molecule is CC(C)n1ncnc1-c1cn2c(n1)-c1cc(S(=O)(=O)Nc3ccccc3)ccc1OCC2. The van der Waals surface area contributed by atoms with Crippen molar-refractivity contribution < 1.29 is 13.2 Å². The van der Waals surface area contributed by atoms with Crippen LogP contribution in [0, 0.1) is 0 Å². The summed E-state index contributed by atoms with van der Waals surface area (Å²) >= 11 is 0. The van der Waals surface area contributed by atoms with Crippen LogP contribution in [0.1, 0.15) is 19.9 Å². The first-order chi connectivity index (χ1) is 15.4. The summed E-state index contributed by atoms with van der Waals surface area (Å²) in [5.41, 5.74) is 1.78. The fourth-order valence-electron chi connectivity index (χ4n) is 3.67. The molecule has 1 aliphatic rings. The maximum absolute atomic E-state index is 13.0. The first-order valence-corrected chi connectivity index (χ1v) is 11.7. The standard InChI is InChI=1S/C22H22N6O3S/c1-15(2)28-22(23-14-24-28)19-13-27-10-11-31-20-9-8-17(12-18(20)21(27)25-19)32(29,30)26-16-6-4-3-5-7-16/h3-9,12-15,26H,10-11H2,1-2H3. The second-order valence-electron chi connectivity index (χ2n) is 7.74. The molecule has 10 heteroatoms. The monoisotopic (exact) mass is 450 g/mol. The van der Waals surface area contributed by atoms with Crippen molar-refractivity contribution in [2.24, 2.45) is 0 Å². The van der Waals surface area contributed by atoms with Gasteiger partial charge in [-0.25, -0.2) is 23.1 Å². The minimum absolute atomic E-state index is 0.130. The van der Waals surface area contributed by atoms with Crippen LogP contribution in [0.15, 0.2) is 66.0 Å². The van der Waals surface area contributed by atoms with Crippen molar-refractivity contribution in [3.8, 4) is 28.7 Å². The number of hydrogen-bond acceptors (Lipinski definition) is 6. The molecule has 5 rings (SSSR count). The minimum atomic E-state index is -3.78. The molecule has 0 amide bonds. The number of sulfonamides is 1. The van der Waals surface area contributed by atoms with Gasteiger partial charge in [-0.1, -0.05) is 18.2 Å². The number of hydrogen-bond donors (Lipinski definition) is 1. The zero-order chi connectivity index (χ0) is 22.3. The molecule has 1 N–H and O–H groups in total. The van der Waals surface area contributed by atoms with Crippen molar-refractivity contribution in [3.63, 3.8) is 0 Å². The molecule has 0 spiro atoms. The molecule has 2 aromatic heterocycles. The van der Waals surface area contributed by atoms with Gasteiger partial charge in [0, 0.05) is 17.9 Å². The molecule has 9 nitrogen and oxygen atoms in total. The van der Waals surface area contributed by atoms with E-state index in [1.807, 2.05) is 35.4 Å². The predicted octanol–water partition coefficient (Wildman–Crippen LogP) is 3.58. The molecule has 0 saturated heterocycles. The van der Waals surface area contributed by atoms with Gasteiger partial charge in [-0.15, -0.1) is 0 Å². The van der Waals surface area contributed by atoms with E-state index in [9.17, 15) is 8.42 Å². The first-order valence-electron chi connectivity index (χ1n) is 10.2. The van der Waals surface area contributed by atoms with Gasteiger partial charge in [0.25, 0.3) is 10.0 Å². The molecule has 0 fully saturated rings. The average molecular weight is 451 g/mol. The van der Waals surface area contributed by atoms with E-state index in [1.54, 1.807) is 42.5 Å². The zero-order valence-electron chi connectivity index (χ0n) is 17.6. The van der Waals surface area contributed by atoms with Gasteiger partial charge in [-0.05, 0) is 44.2 Å². The van der Waals surface area contributed by atoms with Crippen molar-refractivity contribution in [3.05, 3.63) is 61.1 Å². The molecular weight excluding hydrogens is 428 g/mol. The lowest BCUT2D eigenvalue weighted by Gasteiger charge is -2.11. The van der Waals surface area contributed by atoms with Gasteiger partial charge in [0.15, 0.2) is 5.82 Å². The van der Waals surface area contributed by atoms with E-state index < -0.39 is 10.0 Å². The molecule has 164 valence electrons. The Morgan fingerprint density at radius 2 is 1.91 bits per heavy atom. The Labute approximate surface area is 185 Å². The zero-order valence-corrected chi connectivity index (χ0v) is 18.5. The van der Waals surface area contributed by atoms with Gasteiger partial charge in [0.05, 0.1) is 17.0 Å². The largest absolute Gasteiger partial charge is 0.491 e. The Hall–Kier alpha value is -3.66. The molecule has 32 heavy (non-hydrogen) atoms. The van der Waals surface area contributed by atoms with Crippen LogP contribution < -0.4 is 9.46 Å². The highest BCUT2D eigenvalue weighted by atomic mass is 32.2. The Balaban J connectivity index is 1.58. The lowest BCUT2D eigenvalue weighted by atomic mass is 10.2. The van der Waals surface area contributed by atoms with Crippen LogP contribution in [0.4, 0.5) is 5.69 Å². The van der Waals surface area contributed by atoms with Gasteiger partial charge < -0.3 is 9.30 Å². The minimum Gasteiger partial charge on any atom is -0.491 e. The number of para-hydroxylation sites is 1. The van der Waals surface area contributed by atoms with Crippen LogP contribution in [-0.2, 0) is 16.6 Å². The van der Waals surface area contributed by atoms with Gasteiger partial charge in [-0.2, -0.15) is 5.10 Å². The van der Waals surface area contributed by atoms with Crippen LogP contribution in [0.5, 0.6) is 5.75 Å². The molecule has 2 aromatic carbocycles. The molecule has 4 aromatic rings. The van der Waals surface area contributed by atoms with Crippen molar-refractivity contribution in [2.45, 2.75) is 31.3 Å². The number of anilines is 1. The fraction of sp³-hybridized carbons (Fsp3) is 0.227. The first kappa shape index (κ1) is 20.3. The molecule has 0 atom stereocenters. The summed E-state index contributed by atoms with van der Waals surface area (Å²) in [4.78, 5) is 9.29. The highest BCUT2D eigenvalue weighted by Gasteiger charge is 2.24. The van der Waals surface area contributed by atoms with E-state index in [4.69, 9.17) is 9.72 Å². The second-order valence-corrected chi connectivity index (χ2v) is 9.43. The third-order valence-corrected chi connectivity index (χ3v) is 6.56. The maximum Gasteiger partial charge on any atom is 0.261 e. The summed E-state index contributed by atoms with van der Waals surface area (Å²) in [6, 6.07) is 13.7. The number of nitrogens with one attached hydrogen (secondary N) is 1. The molecule has 0 radical (unpaired) electrons. The van der Waals surface area contributed by atoms with E-state index >= 15 is 0 Å². The average Bonchev–Trinajstić information content (AvgIpc) is 3.38. The number of benzene rings is 2. The molecular formula is C22H22N6O3S. The number of imidazole rings is 1. The number of ether oxygens (including phenoxy) is 1. The third kappa shape index (κ3) is 3.62. The van der Waals surface area contributed by atoms with Gasteiger partial charge in [-0.3, -0.25) is 4.72 Å². The van der Waals surface area contributed by atoms with Crippen molar-refractivity contribution >= 4 is 15.7 Å². The van der Waals surface area contributed by atoms with E-state index in [2.05, 4.69) is 14.8 Å². The normalized spacial score (nSPS) is 13.2. The molecule has 0 unspecified atom stereocenters. The summed E-state index contributed by atoms with van der Waals surface area (Å²) in [5.74, 6) is 1.88. The number of rotatable bonds is 5. The summed E-state index contributed by atoms with van der Waals surface area (Å²) in [6.45, 7) is 5.08. The Bertz CT molecular complexity index is 1380. The lowest BCUT2D eigenvalue weighted by molar-refractivity contribution is 0.306. The third-order valence-electron chi connectivity index (χ3n) is 5.19. The van der Waals surface area contributed by atoms with Crippen molar-refractivity contribution in [1.82, 2.24) is 24.3 Å². The summed E-state index contributed by atoms with van der Waals surface area (Å²) in [7, 11) is -3.78. The number of fused-ring (bicyclic) bond motifs is 3. The topological polar surface area (TPSA) is 104 Å². The summed E-state index contributed by atoms with van der Waals surface area (Å²) in [5, 5.41) is 4.29. The maximum atomic E-state index is 13.0. The summed E-state index contributed by atoms with van der Waals surface area (Å²) in [6.07, 6.45) is 3.41. The van der Waals surface area contributed by atoms with Gasteiger partial charge in [0.2, 0.25) is 0 Å². The lowest BCUT2D eigenvalue weighted by Crippen LogP contribution is -2.13. The Morgan fingerprint density at radius 3 is 2.69 bits per heavy atom. The highest BCUT2D eigenvalue weighted by Crippen LogP contribution is 2.35.